The summed E-state index contributed by atoms with van der Waals surface area (Å²) in [6.45, 7) is 0.155. The first-order valence-electron chi connectivity index (χ1n) is 12.5. The molecule has 3 aromatic carbocycles. The van der Waals surface area contributed by atoms with Gasteiger partial charge in [0.25, 0.3) is 0 Å². The van der Waals surface area contributed by atoms with Gasteiger partial charge in [0.05, 0.1) is 23.7 Å². The number of aromatic nitrogens is 2. The van der Waals surface area contributed by atoms with E-state index in [1.54, 1.807) is 48.8 Å². The number of hydrogen-bond donors (Lipinski definition) is 2. The van der Waals surface area contributed by atoms with Crippen LogP contribution in [-0.2, 0) is 32.6 Å². The molecule has 202 valence electrons. The van der Waals surface area contributed by atoms with Gasteiger partial charge in [-0.3, -0.25) is 0 Å². The van der Waals surface area contributed by atoms with Crippen LogP contribution in [-0.4, -0.2) is 35.3 Å². The lowest BCUT2D eigenvalue weighted by molar-refractivity contribution is -0.245. The van der Waals surface area contributed by atoms with Crippen LogP contribution < -0.4 is 4.72 Å². The van der Waals surface area contributed by atoms with Crippen molar-refractivity contribution in [3.63, 3.8) is 0 Å². The van der Waals surface area contributed by atoms with E-state index in [1.165, 1.54) is 11.8 Å². The van der Waals surface area contributed by atoms with Crippen molar-refractivity contribution >= 4 is 21.8 Å². The molecule has 1 aliphatic heterocycles. The summed E-state index contributed by atoms with van der Waals surface area (Å²) < 4.78 is 40.5. The first-order valence-corrected chi connectivity index (χ1v) is 15.0. The molecule has 0 bridgehead atoms. The summed E-state index contributed by atoms with van der Waals surface area (Å²) in [5.41, 5.74) is 3.51. The average molecular weight is 564 g/mol. The van der Waals surface area contributed by atoms with Crippen LogP contribution >= 0.6 is 11.8 Å². The van der Waals surface area contributed by atoms with Gasteiger partial charge < -0.3 is 14.6 Å². The van der Waals surface area contributed by atoms with Crippen molar-refractivity contribution in [2.45, 2.75) is 48.1 Å². The van der Waals surface area contributed by atoms with E-state index in [4.69, 9.17) is 9.47 Å². The fraction of sp³-hybridized carbons (Fsp3) is 0.241. The van der Waals surface area contributed by atoms with Crippen LogP contribution in [0.15, 0.2) is 107 Å². The lowest BCUT2D eigenvalue weighted by Crippen LogP contribution is -2.31. The van der Waals surface area contributed by atoms with Crippen LogP contribution in [0.4, 0.5) is 0 Å². The molecule has 1 fully saturated rings. The van der Waals surface area contributed by atoms with Crippen molar-refractivity contribution in [1.29, 1.82) is 0 Å². The van der Waals surface area contributed by atoms with Crippen molar-refractivity contribution in [2.75, 3.05) is 5.75 Å². The summed E-state index contributed by atoms with van der Waals surface area (Å²) in [5, 5.41) is 10.1. The molecule has 3 atom stereocenters. The predicted octanol–water partition coefficient (Wildman–Crippen LogP) is 4.79. The van der Waals surface area contributed by atoms with Gasteiger partial charge >= 0.3 is 0 Å². The molecule has 0 unspecified atom stereocenters. The van der Waals surface area contributed by atoms with E-state index in [2.05, 4.69) is 14.7 Å². The van der Waals surface area contributed by atoms with Gasteiger partial charge in [-0.25, -0.2) is 23.1 Å². The van der Waals surface area contributed by atoms with E-state index in [9.17, 15) is 13.5 Å². The molecule has 39 heavy (non-hydrogen) atoms. The Labute approximate surface area is 232 Å². The second kappa shape index (κ2) is 12.8. The summed E-state index contributed by atoms with van der Waals surface area (Å²) in [7, 11) is -3.60. The standard InChI is InChI=1S/C29H29N3O5S2/c33-19-22-9-11-23(12-10-22)27-17-25(20-38-29-30-15-4-16-31-29)36-28(37-27)24-13-7-21(8-14-24)18-32-39(34,35)26-5-2-1-3-6-26/h1-16,25,27-28,32-33H,17-20H2/t25-,27+,28+/m0/s1. The Morgan fingerprint density at radius 1 is 0.846 bits per heavy atom. The number of rotatable bonds is 10. The molecular weight excluding hydrogens is 534 g/mol. The van der Waals surface area contributed by atoms with E-state index >= 15 is 0 Å². The molecule has 0 saturated carbocycles. The van der Waals surface area contributed by atoms with Gasteiger partial charge in [-0.2, -0.15) is 0 Å². The largest absolute Gasteiger partial charge is 0.392 e. The zero-order valence-electron chi connectivity index (χ0n) is 21.1. The molecule has 2 N–H and O–H groups in total. The van der Waals surface area contributed by atoms with Gasteiger partial charge in [0, 0.05) is 36.7 Å². The lowest BCUT2D eigenvalue weighted by atomic mass is 10.0. The highest BCUT2D eigenvalue weighted by atomic mass is 32.2. The zero-order valence-corrected chi connectivity index (χ0v) is 22.7. The van der Waals surface area contributed by atoms with Gasteiger partial charge in [0.1, 0.15) is 0 Å². The van der Waals surface area contributed by atoms with Crippen molar-refractivity contribution < 1.29 is 23.0 Å². The predicted molar refractivity (Wildman–Crippen MR) is 148 cm³/mol. The van der Waals surface area contributed by atoms with Gasteiger partial charge in [-0.1, -0.05) is 78.5 Å². The third kappa shape index (κ3) is 7.30. The minimum absolute atomic E-state index is 0.0122. The SMILES string of the molecule is O=S(=O)(NCc1ccc([C@@H]2O[C@H](CSc3ncccn3)C[C@H](c3ccc(CO)cc3)O2)cc1)c1ccccc1. The summed E-state index contributed by atoms with van der Waals surface area (Å²) in [5.74, 6) is 0.661. The first-order chi connectivity index (χ1) is 19.0. The number of nitrogens with zero attached hydrogens (tertiary/aromatic N) is 2. The van der Waals surface area contributed by atoms with Crippen molar-refractivity contribution in [3.8, 4) is 0 Å². The Balaban J connectivity index is 1.28. The number of aliphatic hydroxyl groups excluding tert-OH is 1. The molecular formula is C29H29N3O5S2. The van der Waals surface area contributed by atoms with E-state index in [1.807, 2.05) is 48.5 Å². The highest BCUT2D eigenvalue weighted by Crippen LogP contribution is 2.39. The summed E-state index contributed by atoms with van der Waals surface area (Å²) in [6, 6.07) is 25.4. The Kier molecular flexibility index (Phi) is 9.02. The Morgan fingerprint density at radius 2 is 1.51 bits per heavy atom. The molecule has 0 aliphatic carbocycles. The van der Waals surface area contributed by atoms with Gasteiger partial charge in [0.15, 0.2) is 11.4 Å². The number of thioether (sulfide) groups is 1. The van der Waals surface area contributed by atoms with Gasteiger partial charge in [-0.15, -0.1) is 0 Å². The van der Waals surface area contributed by atoms with Crippen molar-refractivity contribution in [2.24, 2.45) is 0 Å². The van der Waals surface area contributed by atoms with Crippen LogP contribution in [0.2, 0.25) is 0 Å². The maximum Gasteiger partial charge on any atom is 0.240 e. The number of benzene rings is 3. The van der Waals surface area contributed by atoms with Gasteiger partial charge in [-0.05, 0) is 34.9 Å². The molecule has 0 radical (unpaired) electrons. The number of sulfonamides is 1. The normalized spacial score (nSPS) is 19.6. The molecule has 0 amide bonds. The van der Waals surface area contributed by atoms with Crippen molar-refractivity contribution in [1.82, 2.24) is 14.7 Å². The monoisotopic (exact) mass is 563 g/mol. The quantitative estimate of drug-likeness (QED) is 0.209. The number of ether oxygens (including phenoxy) is 2. The van der Waals surface area contributed by atoms with Crippen LogP contribution in [0.1, 0.15) is 41.1 Å². The third-order valence-electron chi connectivity index (χ3n) is 6.33. The Hall–Kier alpha value is -3.12. The molecule has 5 rings (SSSR count). The number of hydrogen-bond acceptors (Lipinski definition) is 8. The van der Waals surface area contributed by atoms with E-state index < -0.39 is 16.3 Å². The Bertz CT molecular complexity index is 1440. The molecule has 1 aliphatic rings. The highest BCUT2D eigenvalue weighted by molar-refractivity contribution is 7.99. The van der Waals surface area contributed by atoms with Gasteiger partial charge in [0.2, 0.25) is 10.0 Å². The summed E-state index contributed by atoms with van der Waals surface area (Å²) in [6.07, 6.45) is 3.19. The minimum atomic E-state index is -3.60. The van der Waals surface area contributed by atoms with E-state index in [0.717, 1.165) is 22.3 Å². The Morgan fingerprint density at radius 3 is 2.21 bits per heavy atom. The minimum Gasteiger partial charge on any atom is -0.392 e. The third-order valence-corrected chi connectivity index (χ3v) is 8.75. The number of nitrogens with one attached hydrogen (secondary N) is 1. The lowest BCUT2D eigenvalue weighted by Gasteiger charge is -2.36. The molecule has 10 heteroatoms. The maximum atomic E-state index is 12.6. The van der Waals surface area contributed by atoms with Crippen LogP contribution in [0.5, 0.6) is 0 Å². The topological polar surface area (TPSA) is 111 Å². The number of aliphatic hydroxyl groups is 1. The first kappa shape index (κ1) is 27.4. The fourth-order valence-corrected chi connectivity index (χ4v) is 6.06. The fourth-order valence-electron chi connectivity index (χ4n) is 4.20. The van der Waals surface area contributed by atoms with Crippen LogP contribution in [0.25, 0.3) is 0 Å². The maximum absolute atomic E-state index is 12.6. The average Bonchev–Trinajstić information content (AvgIpc) is 3.00. The second-order valence-electron chi connectivity index (χ2n) is 9.07. The zero-order chi connectivity index (χ0) is 27.1. The van der Waals surface area contributed by atoms with E-state index in [0.29, 0.717) is 17.3 Å². The molecule has 4 aromatic rings. The highest BCUT2D eigenvalue weighted by Gasteiger charge is 2.32. The van der Waals surface area contributed by atoms with Crippen LogP contribution in [0, 0.1) is 0 Å². The summed E-state index contributed by atoms with van der Waals surface area (Å²) in [4.78, 5) is 8.82. The summed E-state index contributed by atoms with van der Waals surface area (Å²) >= 11 is 1.54. The molecule has 2 heterocycles. The van der Waals surface area contributed by atoms with E-state index in [-0.39, 0.29) is 30.3 Å². The molecule has 1 aromatic heterocycles. The molecule has 8 nitrogen and oxygen atoms in total. The smallest absolute Gasteiger partial charge is 0.240 e. The van der Waals surface area contributed by atoms with Crippen LogP contribution in [0.3, 0.4) is 0 Å². The van der Waals surface area contributed by atoms with Crippen molar-refractivity contribution in [3.05, 3.63) is 120 Å². The second-order valence-corrected chi connectivity index (χ2v) is 11.8. The molecule has 0 spiro atoms. The molecule has 1 saturated heterocycles.